The molecule has 2 aromatic heterocycles. The van der Waals surface area contributed by atoms with E-state index in [1.165, 1.54) is 12.1 Å². The zero-order valence-corrected chi connectivity index (χ0v) is 23.9. The fourth-order valence-electron chi connectivity index (χ4n) is 5.12. The van der Waals surface area contributed by atoms with Crippen LogP contribution in [0.4, 0.5) is 11.5 Å². The van der Waals surface area contributed by atoms with Crippen molar-refractivity contribution in [2.45, 2.75) is 38.9 Å². The van der Waals surface area contributed by atoms with E-state index in [9.17, 15) is 24.8 Å². The van der Waals surface area contributed by atoms with Crippen LogP contribution in [-0.2, 0) is 21.3 Å². The fraction of sp³-hybridized carbons (Fsp3) is 0.414. The molecular formula is C29H36N6O7. The highest BCUT2D eigenvalue weighted by Gasteiger charge is 2.40. The van der Waals surface area contributed by atoms with Gasteiger partial charge in [0.1, 0.15) is 12.0 Å². The van der Waals surface area contributed by atoms with E-state index in [1.54, 1.807) is 15.4 Å². The molecule has 4 rings (SSSR count). The zero-order chi connectivity index (χ0) is 30.2. The normalized spacial score (nSPS) is 18.2. The Labute approximate surface area is 242 Å². The van der Waals surface area contributed by atoms with Crippen molar-refractivity contribution in [2.24, 2.45) is 13.0 Å². The molecule has 224 valence electrons. The predicted molar refractivity (Wildman–Crippen MR) is 155 cm³/mol. The lowest BCUT2D eigenvalue weighted by molar-refractivity contribution is -0.385. The molecule has 42 heavy (non-hydrogen) atoms. The summed E-state index contributed by atoms with van der Waals surface area (Å²) in [5.41, 5.74) is 1.68. The number of carbonyl (C=O) groups excluding carboxylic acids is 1. The topological polar surface area (TPSA) is 163 Å². The first-order valence-corrected chi connectivity index (χ1v) is 13.8. The molecule has 3 N–H and O–H groups in total. The van der Waals surface area contributed by atoms with Gasteiger partial charge in [-0.1, -0.05) is 18.2 Å². The summed E-state index contributed by atoms with van der Waals surface area (Å²) in [6.45, 7) is 4.51. The highest BCUT2D eigenvalue weighted by atomic mass is 16.7. The largest absolute Gasteiger partial charge is 0.459 e. The predicted octanol–water partition coefficient (Wildman–Crippen LogP) is 2.76. The molecule has 0 fully saturated rings. The van der Waals surface area contributed by atoms with Gasteiger partial charge in [-0.15, -0.1) is 0 Å². The third-order valence-corrected chi connectivity index (χ3v) is 7.24. The number of ether oxygens (including phenoxy) is 2. The molecule has 1 amide bonds. The van der Waals surface area contributed by atoms with Gasteiger partial charge in [-0.3, -0.25) is 24.4 Å². The minimum atomic E-state index is -0.802. The lowest BCUT2D eigenvalue weighted by atomic mass is 9.80. The van der Waals surface area contributed by atoms with Crippen molar-refractivity contribution < 1.29 is 24.3 Å². The maximum atomic E-state index is 13.9. The maximum absolute atomic E-state index is 13.9. The first kappa shape index (κ1) is 30.5. The quantitative estimate of drug-likeness (QED) is 0.157. The molecule has 0 bridgehead atoms. The Bertz CT molecular complexity index is 1470. The second kappa shape index (κ2) is 13.9. The number of hydrogen-bond acceptors (Lipinski definition) is 9. The molecule has 0 aliphatic carbocycles. The molecular weight excluding hydrogens is 544 g/mol. The van der Waals surface area contributed by atoms with Crippen molar-refractivity contribution >= 4 is 17.4 Å². The molecule has 3 aromatic rings. The number of hydrogen-bond donors (Lipinski definition) is 3. The number of aliphatic hydroxyl groups is 1. The van der Waals surface area contributed by atoms with Crippen LogP contribution in [0.15, 0.2) is 65.3 Å². The number of aromatic nitrogens is 3. The van der Waals surface area contributed by atoms with Crippen LogP contribution < -0.4 is 16.2 Å². The van der Waals surface area contributed by atoms with E-state index < -0.39 is 23.0 Å². The first-order chi connectivity index (χ1) is 20.3. The molecule has 13 nitrogen and oxygen atoms in total. The molecule has 1 aromatic carbocycles. The van der Waals surface area contributed by atoms with E-state index in [4.69, 9.17) is 9.47 Å². The van der Waals surface area contributed by atoms with Gasteiger partial charge in [-0.05, 0) is 51.0 Å². The number of para-hydroxylation sites is 1. The molecule has 13 heteroatoms. The van der Waals surface area contributed by atoms with E-state index in [0.717, 1.165) is 17.6 Å². The monoisotopic (exact) mass is 580 g/mol. The second-order valence-corrected chi connectivity index (χ2v) is 9.84. The van der Waals surface area contributed by atoms with Crippen molar-refractivity contribution in [1.29, 1.82) is 0 Å². The van der Waals surface area contributed by atoms with Crippen molar-refractivity contribution in [3.8, 4) is 5.69 Å². The zero-order valence-electron chi connectivity index (χ0n) is 23.9. The summed E-state index contributed by atoms with van der Waals surface area (Å²) in [7, 11) is 1.82. The van der Waals surface area contributed by atoms with Gasteiger partial charge in [0.25, 0.3) is 17.2 Å². The molecule has 0 radical (unpaired) electrons. The number of nitro groups is 1. The molecule has 3 heterocycles. The van der Waals surface area contributed by atoms with Crippen molar-refractivity contribution in [1.82, 2.24) is 19.7 Å². The molecule has 1 aliphatic heterocycles. The summed E-state index contributed by atoms with van der Waals surface area (Å²) >= 11 is 0. The number of carbonyl (C=O) groups is 1. The first-order valence-electron chi connectivity index (χ1n) is 13.8. The van der Waals surface area contributed by atoms with E-state index in [2.05, 4.69) is 15.6 Å². The molecule has 0 unspecified atom stereocenters. The second-order valence-electron chi connectivity index (χ2n) is 9.84. The minimum Gasteiger partial charge on any atom is -0.459 e. The molecule has 0 saturated heterocycles. The van der Waals surface area contributed by atoms with E-state index >= 15 is 0 Å². The van der Waals surface area contributed by atoms with Gasteiger partial charge in [0.15, 0.2) is 5.76 Å². The minimum absolute atomic E-state index is 0.0300. The highest BCUT2D eigenvalue weighted by Crippen LogP contribution is 2.39. The van der Waals surface area contributed by atoms with Crippen molar-refractivity contribution in [3.63, 3.8) is 0 Å². The summed E-state index contributed by atoms with van der Waals surface area (Å²) in [6.07, 6.45) is 3.02. The maximum Gasteiger partial charge on any atom is 0.287 e. The van der Waals surface area contributed by atoms with Crippen molar-refractivity contribution in [2.75, 3.05) is 31.6 Å². The number of amides is 1. The Morgan fingerprint density at radius 3 is 2.62 bits per heavy atom. The van der Waals surface area contributed by atoms with Gasteiger partial charge in [0, 0.05) is 62.5 Å². The number of nitrogens with one attached hydrogen (secondary N) is 2. The van der Waals surface area contributed by atoms with Crippen LogP contribution in [0.1, 0.15) is 36.9 Å². The van der Waals surface area contributed by atoms with E-state index in [1.807, 2.05) is 51.2 Å². The van der Waals surface area contributed by atoms with Gasteiger partial charge in [-0.2, -0.15) is 0 Å². The molecule has 1 aliphatic rings. The summed E-state index contributed by atoms with van der Waals surface area (Å²) in [4.78, 5) is 41.4. The number of anilines is 1. The lowest BCUT2D eigenvalue weighted by Gasteiger charge is -2.36. The summed E-state index contributed by atoms with van der Waals surface area (Å²) in [5.74, 6) is -0.822. The van der Waals surface area contributed by atoms with E-state index in [0.29, 0.717) is 37.4 Å². The van der Waals surface area contributed by atoms with Crippen LogP contribution in [0, 0.1) is 23.0 Å². The Morgan fingerprint density at radius 1 is 1.21 bits per heavy atom. The molecule has 3 atom stereocenters. The summed E-state index contributed by atoms with van der Waals surface area (Å²) in [5, 5.41) is 26.2. The van der Waals surface area contributed by atoms with E-state index in [-0.39, 0.29) is 36.1 Å². The Kier molecular flexibility index (Phi) is 10.1. The van der Waals surface area contributed by atoms with Crippen LogP contribution in [0.5, 0.6) is 0 Å². The highest BCUT2D eigenvalue weighted by molar-refractivity contribution is 5.91. The third kappa shape index (κ3) is 6.69. The lowest BCUT2D eigenvalue weighted by Crippen LogP contribution is -2.41. The smallest absolute Gasteiger partial charge is 0.287 e. The van der Waals surface area contributed by atoms with Gasteiger partial charge < -0.3 is 25.2 Å². The van der Waals surface area contributed by atoms with Gasteiger partial charge in [0.2, 0.25) is 6.29 Å². The van der Waals surface area contributed by atoms with Gasteiger partial charge >= 0.3 is 0 Å². The average molecular weight is 581 g/mol. The third-order valence-electron chi connectivity index (χ3n) is 7.24. The molecule has 0 spiro atoms. The summed E-state index contributed by atoms with van der Waals surface area (Å²) in [6, 6.07) is 12.2. The number of rotatable bonds is 13. The van der Waals surface area contributed by atoms with Crippen LogP contribution in [0.2, 0.25) is 0 Å². The van der Waals surface area contributed by atoms with Crippen molar-refractivity contribution in [3.05, 3.63) is 92.2 Å². The van der Waals surface area contributed by atoms with Crippen LogP contribution >= 0.6 is 0 Å². The number of allylic oxidation sites excluding steroid dienone is 1. The Hall–Kier alpha value is -4.49. The number of pyridine rings is 1. The van der Waals surface area contributed by atoms with Gasteiger partial charge in [-0.25, -0.2) is 9.67 Å². The standard InChI is InChI=1S/C29H36N6O7/c1-4-41-29-22(11-8-16-36)23(26-19(2)33(3)34(28(26)38)20-9-6-5-7-10-20)17-24(42-29)27(37)31-15-14-30-25-13-12-21(18-32-25)35(39)40/h5-7,9-10,12-13,17-18,22-23,29,36H,4,8,11,14-16H2,1-3H3,(H,30,32)(H,31,37)/t22-,23-,29+/m0/s1. The number of nitrogens with zero attached hydrogens (tertiary/aromatic N) is 4. The van der Waals surface area contributed by atoms with Crippen LogP contribution in [0.3, 0.4) is 0 Å². The fourth-order valence-corrected chi connectivity index (χ4v) is 5.12. The van der Waals surface area contributed by atoms with Crippen LogP contribution in [-0.4, -0.2) is 62.9 Å². The Balaban J connectivity index is 1.59. The number of aliphatic hydroxyl groups excluding tert-OH is 1. The Morgan fingerprint density at radius 2 is 1.98 bits per heavy atom. The molecule has 0 saturated carbocycles. The van der Waals surface area contributed by atoms with Gasteiger partial charge in [0.05, 0.1) is 10.6 Å². The SMILES string of the molecule is CCO[C@@H]1OC(C(=O)NCCNc2ccc([N+](=O)[O-])cn2)=C[C@H](c2c(C)n(C)n(-c3ccccc3)c2=O)[C@@H]1CCCO. The summed E-state index contributed by atoms with van der Waals surface area (Å²) < 4.78 is 15.4. The number of benzene rings is 1. The average Bonchev–Trinajstić information content (AvgIpc) is 3.21. The van der Waals surface area contributed by atoms with Crippen LogP contribution in [0.25, 0.3) is 5.69 Å².